The molecule has 19 heavy (non-hydrogen) atoms. The minimum absolute atomic E-state index is 0.205. The molecule has 5 heteroatoms. The molecule has 0 aliphatic heterocycles. The number of halogens is 3. The van der Waals surface area contributed by atoms with Gasteiger partial charge in [0.25, 0.3) is 0 Å². The van der Waals surface area contributed by atoms with Crippen LogP contribution in [0.4, 0.5) is 8.78 Å². The molecule has 3 N–H and O–H groups in total. The molecule has 0 spiro atoms. The van der Waals surface area contributed by atoms with Crippen LogP contribution in [0.2, 0.25) is 5.02 Å². The van der Waals surface area contributed by atoms with Crippen LogP contribution < -0.4 is 11.3 Å². The average Bonchev–Trinajstić information content (AvgIpc) is 2.32. The van der Waals surface area contributed by atoms with Gasteiger partial charge < -0.3 is 0 Å². The normalized spacial score (nSPS) is 12.5. The molecule has 0 fully saturated rings. The Bertz CT molecular complexity index is 561. The lowest BCUT2D eigenvalue weighted by atomic mass is 9.97. The van der Waals surface area contributed by atoms with Crippen LogP contribution in [0.5, 0.6) is 0 Å². The highest BCUT2D eigenvalue weighted by atomic mass is 35.5. The van der Waals surface area contributed by atoms with Crippen LogP contribution in [0.1, 0.15) is 22.7 Å². The number of nitrogens with one attached hydrogen (secondary N) is 1. The summed E-state index contributed by atoms with van der Waals surface area (Å²) in [6, 6.07) is 8.08. The van der Waals surface area contributed by atoms with E-state index in [0.717, 1.165) is 5.56 Å². The minimum atomic E-state index is -0.705. The van der Waals surface area contributed by atoms with E-state index in [0.29, 0.717) is 5.56 Å². The number of aryl methyl sites for hydroxylation is 1. The molecule has 0 aromatic heterocycles. The third-order valence-corrected chi connectivity index (χ3v) is 3.18. The molecule has 0 aliphatic carbocycles. The highest BCUT2D eigenvalue weighted by Gasteiger charge is 2.20. The van der Waals surface area contributed by atoms with Gasteiger partial charge in [0.2, 0.25) is 0 Å². The van der Waals surface area contributed by atoms with E-state index in [-0.39, 0.29) is 10.6 Å². The van der Waals surface area contributed by atoms with Crippen molar-refractivity contribution in [3.8, 4) is 0 Å². The first-order valence-corrected chi connectivity index (χ1v) is 6.08. The Morgan fingerprint density at radius 3 is 2.53 bits per heavy atom. The lowest BCUT2D eigenvalue weighted by Crippen LogP contribution is -2.30. The van der Waals surface area contributed by atoms with Gasteiger partial charge in [-0.15, -0.1) is 0 Å². The highest BCUT2D eigenvalue weighted by Crippen LogP contribution is 2.30. The number of nitrogens with two attached hydrogens (primary N) is 1. The fraction of sp³-hybridized carbons (Fsp3) is 0.143. The van der Waals surface area contributed by atoms with Crippen molar-refractivity contribution in [2.45, 2.75) is 13.0 Å². The fourth-order valence-corrected chi connectivity index (χ4v) is 2.34. The van der Waals surface area contributed by atoms with Gasteiger partial charge in [0.05, 0.1) is 6.04 Å². The summed E-state index contributed by atoms with van der Waals surface area (Å²) in [4.78, 5) is 0. The Kier molecular flexibility index (Phi) is 4.14. The zero-order chi connectivity index (χ0) is 14.0. The van der Waals surface area contributed by atoms with Crippen LogP contribution in [0.15, 0.2) is 36.4 Å². The Morgan fingerprint density at radius 1 is 1.21 bits per heavy atom. The second kappa shape index (κ2) is 5.65. The molecular formula is C14H13ClF2N2. The molecule has 1 unspecified atom stereocenters. The number of hydrazine groups is 1. The monoisotopic (exact) mass is 282 g/mol. The summed E-state index contributed by atoms with van der Waals surface area (Å²) in [5.74, 6) is 4.59. The maximum absolute atomic E-state index is 13.9. The predicted octanol–water partition coefficient (Wildman–Crippen LogP) is 3.48. The van der Waals surface area contributed by atoms with Gasteiger partial charge in [-0.25, -0.2) is 14.2 Å². The second-order valence-corrected chi connectivity index (χ2v) is 4.70. The molecule has 2 rings (SSSR count). The molecule has 2 aromatic rings. The Hall–Kier alpha value is -1.49. The van der Waals surface area contributed by atoms with Gasteiger partial charge in [0.1, 0.15) is 11.6 Å². The summed E-state index contributed by atoms with van der Waals surface area (Å²) in [7, 11) is 0. The lowest BCUT2D eigenvalue weighted by Gasteiger charge is -2.19. The second-order valence-electron chi connectivity index (χ2n) is 4.30. The van der Waals surface area contributed by atoms with E-state index in [4.69, 9.17) is 17.4 Å². The number of benzene rings is 2. The SMILES string of the molecule is Cc1cc(F)cc(C(NN)c2c(F)cccc2Cl)c1. The van der Waals surface area contributed by atoms with E-state index in [1.165, 1.54) is 24.3 Å². The quantitative estimate of drug-likeness (QED) is 0.668. The molecule has 0 bridgehead atoms. The molecular weight excluding hydrogens is 270 g/mol. The fourth-order valence-electron chi connectivity index (χ4n) is 2.06. The first-order valence-electron chi connectivity index (χ1n) is 5.70. The van der Waals surface area contributed by atoms with E-state index < -0.39 is 17.7 Å². The van der Waals surface area contributed by atoms with Crippen molar-refractivity contribution in [1.82, 2.24) is 5.43 Å². The van der Waals surface area contributed by atoms with Gasteiger partial charge in [-0.05, 0) is 42.3 Å². The maximum Gasteiger partial charge on any atom is 0.129 e. The summed E-state index contributed by atoms with van der Waals surface area (Å²) in [6.45, 7) is 1.75. The number of rotatable bonds is 3. The van der Waals surface area contributed by atoms with Crippen LogP contribution in [0, 0.1) is 18.6 Å². The largest absolute Gasteiger partial charge is 0.271 e. The van der Waals surface area contributed by atoms with Gasteiger partial charge in [-0.2, -0.15) is 0 Å². The van der Waals surface area contributed by atoms with E-state index in [1.54, 1.807) is 19.1 Å². The van der Waals surface area contributed by atoms with Crippen molar-refractivity contribution in [3.63, 3.8) is 0 Å². The van der Waals surface area contributed by atoms with Crippen molar-refractivity contribution in [2.24, 2.45) is 5.84 Å². The number of hydrogen-bond donors (Lipinski definition) is 2. The molecule has 0 radical (unpaired) electrons. The van der Waals surface area contributed by atoms with Crippen LogP contribution >= 0.6 is 11.6 Å². The molecule has 0 amide bonds. The summed E-state index contributed by atoms with van der Waals surface area (Å²) in [5.41, 5.74) is 3.93. The zero-order valence-corrected chi connectivity index (χ0v) is 11.0. The van der Waals surface area contributed by atoms with Crippen LogP contribution in [0.3, 0.4) is 0 Å². The van der Waals surface area contributed by atoms with E-state index in [1.807, 2.05) is 0 Å². The van der Waals surface area contributed by atoms with Gasteiger partial charge in [0.15, 0.2) is 0 Å². The lowest BCUT2D eigenvalue weighted by molar-refractivity contribution is 0.555. The summed E-state index contributed by atoms with van der Waals surface area (Å²) < 4.78 is 27.3. The number of hydrogen-bond acceptors (Lipinski definition) is 2. The van der Waals surface area contributed by atoms with Gasteiger partial charge in [0, 0.05) is 10.6 Å². The average molecular weight is 283 g/mol. The van der Waals surface area contributed by atoms with Gasteiger partial charge >= 0.3 is 0 Å². The Labute approximate surface area is 115 Å². The third-order valence-electron chi connectivity index (χ3n) is 2.85. The summed E-state index contributed by atoms with van der Waals surface area (Å²) in [5, 5.41) is 0.241. The topological polar surface area (TPSA) is 38.0 Å². The maximum atomic E-state index is 13.9. The smallest absolute Gasteiger partial charge is 0.129 e. The van der Waals surface area contributed by atoms with Gasteiger partial charge in [-0.1, -0.05) is 23.7 Å². The Balaban J connectivity index is 2.56. The minimum Gasteiger partial charge on any atom is -0.271 e. The first kappa shape index (κ1) is 13.9. The molecule has 1 atom stereocenters. The molecule has 2 nitrogen and oxygen atoms in total. The highest BCUT2D eigenvalue weighted by molar-refractivity contribution is 6.31. The summed E-state index contributed by atoms with van der Waals surface area (Å²) >= 11 is 6.00. The van der Waals surface area contributed by atoms with Gasteiger partial charge in [-0.3, -0.25) is 5.84 Å². The van der Waals surface area contributed by atoms with Crippen molar-refractivity contribution >= 4 is 11.6 Å². The van der Waals surface area contributed by atoms with E-state index in [2.05, 4.69) is 5.43 Å². The predicted molar refractivity (Wildman–Crippen MR) is 71.7 cm³/mol. The van der Waals surface area contributed by atoms with Crippen molar-refractivity contribution < 1.29 is 8.78 Å². The van der Waals surface area contributed by atoms with Crippen molar-refractivity contribution in [3.05, 3.63) is 69.7 Å². The standard InChI is InChI=1S/C14H13ClF2N2/c1-8-5-9(7-10(16)6-8)14(19-18)13-11(15)3-2-4-12(13)17/h2-7,14,19H,18H2,1H3. The summed E-state index contributed by atoms with van der Waals surface area (Å²) in [6.07, 6.45) is 0. The van der Waals surface area contributed by atoms with Crippen molar-refractivity contribution in [2.75, 3.05) is 0 Å². The molecule has 2 aromatic carbocycles. The van der Waals surface area contributed by atoms with Crippen LogP contribution in [-0.4, -0.2) is 0 Å². The van der Waals surface area contributed by atoms with Crippen LogP contribution in [0.25, 0.3) is 0 Å². The van der Waals surface area contributed by atoms with Crippen LogP contribution in [-0.2, 0) is 0 Å². The molecule has 0 saturated carbocycles. The molecule has 100 valence electrons. The van der Waals surface area contributed by atoms with E-state index in [9.17, 15) is 8.78 Å². The molecule has 0 saturated heterocycles. The third kappa shape index (κ3) is 2.92. The van der Waals surface area contributed by atoms with E-state index >= 15 is 0 Å². The first-order chi connectivity index (χ1) is 9.02. The zero-order valence-electron chi connectivity index (χ0n) is 10.3. The Morgan fingerprint density at radius 2 is 1.95 bits per heavy atom. The molecule has 0 aliphatic rings. The molecule has 0 heterocycles. The van der Waals surface area contributed by atoms with Crippen molar-refractivity contribution in [1.29, 1.82) is 0 Å².